The fourth-order valence-corrected chi connectivity index (χ4v) is 5.98. The Balaban J connectivity index is 1.49. The number of rotatable bonds is 4. The van der Waals surface area contributed by atoms with Gasteiger partial charge in [0.15, 0.2) is 0 Å². The van der Waals surface area contributed by atoms with Crippen LogP contribution in [0.5, 0.6) is 0 Å². The van der Waals surface area contributed by atoms with Crippen LogP contribution < -0.4 is 0 Å². The van der Waals surface area contributed by atoms with E-state index in [-0.39, 0.29) is 5.41 Å². The molecular formula is C25H22O2S. The number of sulfone groups is 1. The smallest absolute Gasteiger partial charge is 0.206 e. The Bertz CT molecular complexity index is 1140. The highest BCUT2D eigenvalue weighted by molar-refractivity contribution is 7.91. The van der Waals surface area contributed by atoms with Crippen LogP contribution in [0.3, 0.4) is 0 Å². The van der Waals surface area contributed by atoms with E-state index in [0.717, 1.165) is 29.5 Å². The van der Waals surface area contributed by atoms with E-state index >= 15 is 0 Å². The third kappa shape index (κ3) is 2.82. The predicted molar refractivity (Wildman–Crippen MR) is 112 cm³/mol. The predicted octanol–water partition coefficient (Wildman–Crippen LogP) is 5.79. The third-order valence-electron chi connectivity index (χ3n) is 6.27. The van der Waals surface area contributed by atoms with Crippen LogP contribution in [0.4, 0.5) is 0 Å². The normalized spacial score (nSPS) is 23.2. The van der Waals surface area contributed by atoms with Gasteiger partial charge in [0.25, 0.3) is 0 Å². The molecule has 0 radical (unpaired) electrons. The summed E-state index contributed by atoms with van der Waals surface area (Å²) in [5.74, 6) is 0.658. The average Bonchev–Trinajstić information content (AvgIpc) is 3.37. The molecule has 140 valence electrons. The molecule has 1 fully saturated rings. The average molecular weight is 387 g/mol. The van der Waals surface area contributed by atoms with E-state index in [1.165, 1.54) is 6.42 Å². The second kappa shape index (κ2) is 6.46. The van der Waals surface area contributed by atoms with Crippen LogP contribution >= 0.6 is 0 Å². The highest BCUT2D eigenvalue weighted by atomic mass is 32.2. The third-order valence-corrected chi connectivity index (χ3v) is 8.03. The molecule has 2 bridgehead atoms. The molecule has 0 aliphatic heterocycles. The molecule has 2 aliphatic rings. The summed E-state index contributed by atoms with van der Waals surface area (Å²) in [6.07, 6.45) is 8.02. The first-order chi connectivity index (χ1) is 13.6. The van der Waals surface area contributed by atoms with Gasteiger partial charge in [-0.05, 0) is 66.1 Å². The van der Waals surface area contributed by atoms with Crippen molar-refractivity contribution < 1.29 is 8.42 Å². The van der Waals surface area contributed by atoms with E-state index < -0.39 is 9.84 Å². The van der Waals surface area contributed by atoms with E-state index in [1.807, 2.05) is 54.6 Å². The van der Waals surface area contributed by atoms with Gasteiger partial charge in [-0.15, -0.1) is 0 Å². The van der Waals surface area contributed by atoms with Gasteiger partial charge >= 0.3 is 0 Å². The van der Waals surface area contributed by atoms with Gasteiger partial charge in [-0.1, -0.05) is 66.7 Å². The molecule has 1 saturated carbocycles. The standard InChI is InChI=1S/C25H22O2S/c26-28(27,23-11-9-21(10-12-23)20-5-2-1-3-6-20)24-8-4-7-22(17-24)25-15-13-19(18-25)14-16-25/h1-13,15,17,19H,14,16,18H2. The number of allylic oxidation sites excluding steroid dienone is 2. The Hall–Kier alpha value is -2.65. The Morgan fingerprint density at radius 3 is 2.18 bits per heavy atom. The summed E-state index contributed by atoms with van der Waals surface area (Å²) < 4.78 is 26.5. The molecule has 0 saturated heterocycles. The van der Waals surface area contributed by atoms with Crippen molar-refractivity contribution in [1.29, 1.82) is 0 Å². The second-order valence-corrected chi connectivity index (χ2v) is 9.89. The molecular weight excluding hydrogens is 364 g/mol. The highest BCUT2D eigenvalue weighted by Crippen LogP contribution is 2.51. The minimum absolute atomic E-state index is 0.0351. The van der Waals surface area contributed by atoms with Crippen molar-refractivity contribution in [2.24, 2.45) is 5.92 Å². The largest absolute Gasteiger partial charge is 0.219 e. The summed E-state index contributed by atoms with van der Waals surface area (Å²) in [6.45, 7) is 0. The zero-order valence-corrected chi connectivity index (χ0v) is 16.4. The zero-order chi connectivity index (χ0) is 19.2. The Labute approximate surface area is 166 Å². The summed E-state index contributed by atoms with van der Waals surface area (Å²) in [7, 11) is -3.54. The molecule has 2 nitrogen and oxygen atoms in total. The monoisotopic (exact) mass is 386 g/mol. The van der Waals surface area contributed by atoms with Crippen LogP contribution in [0, 0.1) is 5.92 Å². The maximum Gasteiger partial charge on any atom is 0.206 e. The molecule has 0 aromatic heterocycles. The Morgan fingerprint density at radius 1 is 0.786 bits per heavy atom. The first kappa shape index (κ1) is 17.4. The van der Waals surface area contributed by atoms with Gasteiger partial charge in [0.2, 0.25) is 9.84 Å². The van der Waals surface area contributed by atoms with Crippen LogP contribution in [0.15, 0.2) is 101 Å². The molecule has 2 unspecified atom stereocenters. The van der Waals surface area contributed by atoms with E-state index in [1.54, 1.807) is 18.2 Å². The van der Waals surface area contributed by atoms with Gasteiger partial charge in [0, 0.05) is 5.41 Å². The zero-order valence-electron chi connectivity index (χ0n) is 15.6. The Kier molecular flexibility index (Phi) is 4.02. The molecule has 0 N–H and O–H groups in total. The van der Waals surface area contributed by atoms with Gasteiger partial charge in [0.05, 0.1) is 9.79 Å². The summed E-state index contributed by atoms with van der Waals surface area (Å²) in [6, 6.07) is 24.7. The number of benzene rings is 3. The van der Waals surface area contributed by atoms with Crippen molar-refractivity contribution in [2.45, 2.75) is 34.5 Å². The van der Waals surface area contributed by atoms with Crippen molar-refractivity contribution in [2.75, 3.05) is 0 Å². The summed E-state index contributed by atoms with van der Waals surface area (Å²) >= 11 is 0. The molecule has 2 aliphatic carbocycles. The van der Waals surface area contributed by atoms with Gasteiger partial charge in [-0.3, -0.25) is 0 Å². The molecule has 28 heavy (non-hydrogen) atoms. The van der Waals surface area contributed by atoms with Gasteiger partial charge < -0.3 is 0 Å². The number of hydrogen-bond acceptors (Lipinski definition) is 2. The lowest BCUT2D eigenvalue weighted by molar-refractivity contribution is 0.564. The highest BCUT2D eigenvalue weighted by Gasteiger charge is 2.42. The molecule has 3 aromatic rings. The number of fused-ring (bicyclic) bond motifs is 2. The summed E-state index contributed by atoms with van der Waals surface area (Å²) in [4.78, 5) is 0.726. The van der Waals surface area contributed by atoms with Crippen LogP contribution in [0.25, 0.3) is 11.1 Å². The summed E-state index contributed by atoms with van der Waals surface area (Å²) in [5.41, 5.74) is 3.26. The van der Waals surface area contributed by atoms with Gasteiger partial charge in [0.1, 0.15) is 0 Å². The molecule has 0 heterocycles. The minimum Gasteiger partial charge on any atom is -0.219 e. The first-order valence-electron chi connectivity index (χ1n) is 9.77. The lowest BCUT2D eigenvalue weighted by Gasteiger charge is -2.24. The van der Waals surface area contributed by atoms with E-state index in [9.17, 15) is 8.42 Å². The topological polar surface area (TPSA) is 34.1 Å². The number of hydrogen-bond donors (Lipinski definition) is 0. The van der Waals surface area contributed by atoms with Crippen molar-refractivity contribution >= 4 is 9.84 Å². The Morgan fingerprint density at radius 2 is 1.54 bits per heavy atom. The fraction of sp³-hybridized carbons (Fsp3) is 0.200. The second-order valence-electron chi connectivity index (χ2n) is 7.94. The molecule has 5 rings (SSSR count). The quantitative estimate of drug-likeness (QED) is 0.532. The molecule has 0 spiro atoms. The van der Waals surface area contributed by atoms with Crippen LogP contribution in [-0.4, -0.2) is 8.42 Å². The molecule has 2 atom stereocenters. The maximum atomic E-state index is 13.2. The first-order valence-corrected chi connectivity index (χ1v) is 11.3. The molecule has 0 amide bonds. The van der Waals surface area contributed by atoms with Crippen molar-refractivity contribution in [3.05, 3.63) is 96.6 Å². The van der Waals surface area contributed by atoms with Gasteiger partial charge in [-0.25, -0.2) is 8.42 Å². The van der Waals surface area contributed by atoms with E-state index in [0.29, 0.717) is 15.7 Å². The van der Waals surface area contributed by atoms with Crippen molar-refractivity contribution in [3.63, 3.8) is 0 Å². The van der Waals surface area contributed by atoms with Crippen LogP contribution in [0.1, 0.15) is 24.8 Å². The van der Waals surface area contributed by atoms with Crippen LogP contribution in [0.2, 0.25) is 0 Å². The lowest BCUT2D eigenvalue weighted by atomic mass is 9.80. The van der Waals surface area contributed by atoms with E-state index in [2.05, 4.69) is 18.2 Å². The maximum absolute atomic E-state index is 13.2. The van der Waals surface area contributed by atoms with Crippen molar-refractivity contribution in [3.8, 4) is 11.1 Å². The molecule has 3 aromatic carbocycles. The molecule has 3 heteroatoms. The minimum atomic E-state index is -3.54. The van der Waals surface area contributed by atoms with Crippen LogP contribution in [-0.2, 0) is 15.3 Å². The summed E-state index contributed by atoms with van der Waals surface area (Å²) in [5, 5.41) is 0. The SMILES string of the molecule is O=S(=O)(c1ccc(-c2ccccc2)cc1)c1cccc(C23C=CC(CC2)C3)c1. The van der Waals surface area contributed by atoms with Gasteiger partial charge in [-0.2, -0.15) is 0 Å². The van der Waals surface area contributed by atoms with E-state index in [4.69, 9.17) is 0 Å². The lowest BCUT2D eigenvalue weighted by Crippen LogP contribution is -2.18. The van der Waals surface area contributed by atoms with Crippen molar-refractivity contribution in [1.82, 2.24) is 0 Å². The fourth-order valence-electron chi connectivity index (χ4n) is 4.68.